The largest absolute Gasteiger partial charge is 0.457 e. The standard InChI is InChI=1S/C10H12N2O2S/c1-3-8(4-5-11)14-10(13)9-7(2)12-6-15-9/h6,8H,3-4H2,1-2H3/t8-/m0/s1. The highest BCUT2D eigenvalue weighted by Crippen LogP contribution is 2.15. The molecule has 1 atom stereocenters. The summed E-state index contributed by atoms with van der Waals surface area (Å²) in [5.41, 5.74) is 2.29. The molecule has 0 N–H and O–H groups in total. The molecule has 0 aliphatic rings. The number of thiazole rings is 1. The van der Waals surface area contributed by atoms with Crippen molar-refractivity contribution in [3.8, 4) is 6.07 Å². The number of aryl methyl sites for hydroxylation is 1. The molecule has 0 unspecified atom stereocenters. The maximum atomic E-state index is 11.6. The molecule has 0 saturated heterocycles. The van der Waals surface area contributed by atoms with Crippen LogP contribution in [0.25, 0.3) is 0 Å². The zero-order valence-electron chi connectivity index (χ0n) is 8.69. The first-order chi connectivity index (χ1) is 7.19. The van der Waals surface area contributed by atoms with E-state index in [0.29, 0.717) is 17.0 Å². The average molecular weight is 224 g/mol. The molecule has 4 nitrogen and oxygen atoms in total. The molecule has 0 bridgehead atoms. The highest BCUT2D eigenvalue weighted by Gasteiger charge is 2.17. The number of hydrogen-bond donors (Lipinski definition) is 0. The minimum atomic E-state index is -0.378. The molecule has 0 spiro atoms. The van der Waals surface area contributed by atoms with Crippen LogP contribution in [0.15, 0.2) is 5.51 Å². The van der Waals surface area contributed by atoms with Crippen molar-refractivity contribution in [1.29, 1.82) is 5.26 Å². The van der Waals surface area contributed by atoms with Gasteiger partial charge in [0, 0.05) is 0 Å². The van der Waals surface area contributed by atoms with E-state index < -0.39 is 0 Å². The quantitative estimate of drug-likeness (QED) is 0.736. The van der Waals surface area contributed by atoms with E-state index in [9.17, 15) is 4.79 Å². The minimum absolute atomic E-state index is 0.236. The Kier molecular flexibility index (Phi) is 4.25. The van der Waals surface area contributed by atoms with E-state index in [2.05, 4.69) is 4.98 Å². The molecule has 0 aliphatic heterocycles. The van der Waals surface area contributed by atoms with Gasteiger partial charge in [0.2, 0.25) is 0 Å². The molecule has 0 aromatic carbocycles. The van der Waals surface area contributed by atoms with Gasteiger partial charge in [-0.15, -0.1) is 11.3 Å². The number of nitrogens with zero attached hydrogens (tertiary/aromatic N) is 2. The Bertz CT molecular complexity index is 381. The third-order valence-electron chi connectivity index (χ3n) is 1.98. The van der Waals surface area contributed by atoms with Gasteiger partial charge in [-0.05, 0) is 13.3 Å². The second-order valence-corrected chi connectivity index (χ2v) is 3.92. The van der Waals surface area contributed by atoms with Gasteiger partial charge < -0.3 is 4.74 Å². The van der Waals surface area contributed by atoms with E-state index in [1.54, 1.807) is 12.4 Å². The predicted octanol–water partition coefficient (Wildman–Crippen LogP) is 2.30. The molecule has 1 rings (SSSR count). The lowest BCUT2D eigenvalue weighted by Crippen LogP contribution is -2.16. The number of rotatable bonds is 4. The fourth-order valence-corrected chi connectivity index (χ4v) is 1.76. The van der Waals surface area contributed by atoms with E-state index >= 15 is 0 Å². The lowest BCUT2D eigenvalue weighted by atomic mass is 10.2. The third-order valence-corrected chi connectivity index (χ3v) is 2.89. The van der Waals surface area contributed by atoms with Crippen LogP contribution in [0, 0.1) is 18.3 Å². The van der Waals surface area contributed by atoms with E-state index in [1.165, 1.54) is 11.3 Å². The summed E-state index contributed by atoms with van der Waals surface area (Å²) in [4.78, 5) is 16.1. The highest BCUT2D eigenvalue weighted by molar-refractivity contribution is 7.11. The molecule has 0 radical (unpaired) electrons. The SMILES string of the molecule is CC[C@@H](CC#N)OC(=O)c1scnc1C. The molecule has 0 aliphatic carbocycles. The summed E-state index contributed by atoms with van der Waals surface area (Å²) in [6.45, 7) is 3.65. The predicted molar refractivity (Wildman–Crippen MR) is 56.6 cm³/mol. The van der Waals surface area contributed by atoms with Crippen LogP contribution in [0.4, 0.5) is 0 Å². The van der Waals surface area contributed by atoms with E-state index in [-0.39, 0.29) is 18.5 Å². The average Bonchev–Trinajstić information content (AvgIpc) is 2.63. The number of ether oxygens (including phenoxy) is 1. The zero-order valence-corrected chi connectivity index (χ0v) is 9.50. The summed E-state index contributed by atoms with van der Waals surface area (Å²) in [6, 6.07) is 1.99. The molecule has 80 valence electrons. The van der Waals surface area contributed by atoms with Gasteiger partial charge >= 0.3 is 5.97 Å². The van der Waals surface area contributed by atoms with Crippen LogP contribution in [-0.2, 0) is 4.74 Å². The van der Waals surface area contributed by atoms with Crippen molar-refractivity contribution in [2.75, 3.05) is 0 Å². The van der Waals surface area contributed by atoms with E-state index in [1.807, 2.05) is 13.0 Å². The molecule has 0 fully saturated rings. The molecule has 0 saturated carbocycles. The number of carbonyl (C=O) groups is 1. The molecule has 5 heteroatoms. The van der Waals surface area contributed by atoms with E-state index in [4.69, 9.17) is 10.00 Å². The summed E-state index contributed by atoms with van der Waals surface area (Å²) in [6.07, 6.45) is 0.570. The Balaban J connectivity index is 2.63. The van der Waals surface area contributed by atoms with E-state index in [0.717, 1.165) is 0 Å². The van der Waals surface area contributed by atoms with Crippen molar-refractivity contribution in [1.82, 2.24) is 4.98 Å². The Labute approximate surface area is 92.5 Å². The smallest absolute Gasteiger partial charge is 0.350 e. The molecular formula is C10H12N2O2S. The van der Waals surface area contributed by atoms with Crippen LogP contribution in [0.1, 0.15) is 35.1 Å². The molecule has 1 heterocycles. The van der Waals surface area contributed by atoms with Gasteiger partial charge in [0.1, 0.15) is 11.0 Å². The third kappa shape index (κ3) is 3.03. The number of nitriles is 1. The van der Waals surface area contributed by atoms with Crippen molar-refractivity contribution < 1.29 is 9.53 Å². The maximum absolute atomic E-state index is 11.6. The van der Waals surface area contributed by atoms with Crippen molar-refractivity contribution in [3.05, 3.63) is 16.1 Å². The molecule has 15 heavy (non-hydrogen) atoms. The van der Waals surface area contributed by atoms with Gasteiger partial charge in [0.15, 0.2) is 0 Å². The summed E-state index contributed by atoms with van der Waals surface area (Å²) >= 11 is 1.26. The molecular weight excluding hydrogens is 212 g/mol. The molecule has 1 aromatic heterocycles. The Morgan fingerprint density at radius 1 is 1.80 bits per heavy atom. The van der Waals surface area contributed by atoms with Gasteiger partial charge in [-0.3, -0.25) is 0 Å². The van der Waals surface area contributed by atoms with Gasteiger partial charge in [-0.1, -0.05) is 6.92 Å². The van der Waals surface area contributed by atoms with Crippen molar-refractivity contribution in [2.45, 2.75) is 32.8 Å². The number of carbonyl (C=O) groups excluding carboxylic acids is 1. The van der Waals surface area contributed by atoms with Crippen LogP contribution in [0.2, 0.25) is 0 Å². The monoisotopic (exact) mass is 224 g/mol. The second-order valence-electron chi connectivity index (χ2n) is 3.06. The van der Waals surface area contributed by atoms with Gasteiger partial charge in [0.05, 0.1) is 23.7 Å². The Morgan fingerprint density at radius 2 is 2.53 bits per heavy atom. The Morgan fingerprint density at radius 3 is 3.00 bits per heavy atom. The summed E-state index contributed by atoms with van der Waals surface area (Å²) in [5.74, 6) is -0.378. The molecule has 0 amide bonds. The summed E-state index contributed by atoms with van der Waals surface area (Å²) in [5, 5.41) is 8.51. The first-order valence-electron chi connectivity index (χ1n) is 4.67. The number of aromatic nitrogens is 1. The second kappa shape index (κ2) is 5.47. The first kappa shape index (κ1) is 11.7. The topological polar surface area (TPSA) is 63.0 Å². The van der Waals surface area contributed by atoms with Gasteiger partial charge in [0.25, 0.3) is 0 Å². The first-order valence-corrected chi connectivity index (χ1v) is 5.55. The number of hydrogen-bond acceptors (Lipinski definition) is 5. The summed E-state index contributed by atoms with van der Waals surface area (Å²) < 4.78 is 5.17. The number of esters is 1. The highest BCUT2D eigenvalue weighted by atomic mass is 32.1. The minimum Gasteiger partial charge on any atom is -0.457 e. The van der Waals surface area contributed by atoms with Crippen molar-refractivity contribution in [2.24, 2.45) is 0 Å². The lowest BCUT2D eigenvalue weighted by molar-refractivity contribution is 0.0308. The van der Waals surface area contributed by atoms with Crippen LogP contribution in [0.3, 0.4) is 0 Å². The zero-order chi connectivity index (χ0) is 11.3. The van der Waals surface area contributed by atoms with Gasteiger partial charge in [-0.25, -0.2) is 9.78 Å². The Hall–Kier alpha value is -1.41. The van der Waals surface area contributed by atoms with Crippen LogP contribution in [-0.4, -0.2) is 17.1 Å². The van der Waals surface area contributed by atoms with Crippen LogP contribution in [0.5, 0.6) is 0 Å². The maximum Gasteiger partial charge on any atom is 0.350 e. The normalized spacial score (nSPS) is 11.8. The van der Waals surface area contributed by atoms with Gasteiger partial charge in [-0.2, -0.15) is 5.26 Å². The van der Waals surface area contributed by atoms with Crippen molar-refractivity contribution in [3.63, 3.8) is 0 Å². The lowest BCUT2D eigenvalue weighted by Gasteiger charge is -2.11. The van der Waals surface area contributed by atoms with Crippen LogP contribution < -0.4 is 0 Å². The fourth-order valence-electron chi connectivity index (χ4n) is 1.07. The van der Waals surface area contributed by atoms with Crippen LogP contribution >= 0.6 is 11.3 Å². The molecule has 1 aromatic rings. The summed E-state index contributed by atoms with van der Waals surface area (Å²) in [7, 11) is 0. The van der Waals surface area contributed by atoms with Crippen molar-refractivity contribution >= 4 is 17.3 Å². The fraction of sp³-hybridized carbons (Fsp3) is 0.500.